The molecule has 0 aromatic carbocycles. The second-order valence-corrected chi connectivity index (χ2v) is 20.9. The molecule has 0 aliphatic carbocycles. The van der Waals surface area contributed by atoms with E-state index in [1.54, 1.807) is 74.0 Å². The number of esters is 1. The Morgan fingerprint density at radius 1 is 1.01 bits per heavy atom. The van der Waals surface area contributed by atoms with Gasteiger partial charge in [0.25, 0.3) is 0 Å². The summed E-state index contributed by atoms with van der Waals surface area (Å²) in [6.45, 7) is 21.2. The van der Waals surface area contributed by atoms with Crippen LogP contribution in [0.3, 0.4) is 0 Å². The zero-order valence-corrected chi connectivity index (χ0v) is 42.3. The van der Waals surface area contributed by atoms with E-state index in [9.17, 15) is 35.1 Å². The molecule has 19 nitrogen and oxygen atoms in total. The SMILES string of the molecule is CC[C@H]1OC(=O)[C@H](C)[C@@H](O[C@H]2C[C@@](C)(OC)[C@](O)(CN3CCN(C)CC3)[C@H](C)O2)[C@H](C)[C@@H](O[C@@H]2O[C@H](C)C[C@H](N(C)C(=O)Nc3cccnc3)[C@H]2O)[C@](C)(O)C[C@@H](C)CN[C@H](C)[C@@H](O)[C@]1(C)O. The smallest absolute Gasteiger partial charge is 0.321 e. The standard InChI is InChI=1S/C48H84N6O13/c1-14-36-47(10,60)40(56)32(6)50-25-28(2)23-45(8,59)41(67-43-38(55)35(22-29(3)63-43)53(12)44(58)51-34-16-15-17-49-26-34)30(4)39(31(5)42(57)65-36)66-37-24-46(9,62-13)48(61,33(7)64-37)27-54-20-18-52(11)19-21-54/h15-17,26,28-33,35-41,43,50,55-56,59-61H,14,18-25,27H2,1-13H3,(H,51,58)/t28-,29-,30+,31-,32-,33+,35+,36-,37+,38-,39+,40-,41-,43+,45-,46-,47-,48+/m1/s1. The lowest BCUT2D eigenvalue weighted by Gasteiger charge is -2.55. The lowest BCUT2D eigenvalue weighted by atomic mass is 9.74. The molecule has 4 aliphatic heterocycles. The molecular formula is C48H84N6O13. The van der Waals surface area contributed by atoms with Crippen molar-refractivity contribution in [2.24, 2.45) is 17.8 Å². The summed E-state index contributed by atoms with van der Waals surface area (Å²) in [6.07, 6.45) is -6.18. The summed E-state index contributed by atoms with van der Waals surface area (Å²) in [5, 5.41) is 66.8. The van der Waals surface area contributed by atoms with Crippen LogP contribution in [0.4, 0.5) is 10.5 Å². The number of methoxy groups -OCH3 is 1. The van der Waals surface area contributed by atoms with Crippen molar-refractivity contribution >= 4 is 17.7 Å². The highest BCUT2D eigenvalue weighted by atomic mass is 16.7. The van der Waals surface area contributed by atoms with Crippen molar-refractivity contribution in [1.29, 1.82) is 0 Å². The number of cyclic esters (lactones) is 1. The van der Waals surface area contributed by atoms with Gasteiger partial charge in [-0.15, -0.1) is 0 Å². The van der Waals surface area contributed by atoms with Gasteiger partial charge in [0.15, 0.2) is 12.6 Å². The number of hydrogen-bond donors (Lipinski definition) is 7. The normalized spacial score (nSPS) is 43.6. The number of carbonyl (C=O) groups is 2. The van der Waals surface area contributed by atoms with Crippen LogP contribution in [0, 0.1) is 17.8 Å². The Morgan fingerprint density at radius 2 is 1.69 bits per heavy atom. The number of amides is 2. The minimum Gasteiger partial charge on any atom is -0.459 e. The van der Waals surface area contributed by atoms with Crippen LogP contribution in [0.25, 0.3) is 0 Å². The number of anilines is 1. The molecule has 5 rings (SSSR count). The first kappa shape index (κ1) is 55.3. The number of carbonyl (C=O) groups excluding carboxylic acids is 2. The van der Waals surface area contributed by atoms with Gasteiger partial charge in [0.1, 0.15) is 35.1 Å². The number of ether oxygens (including phenoxy) is 6. The summed E-state index contributed by atoms with van der Waals surface area (Å²) in [7, 11) is 5.19. The fourth-order valence-electron chi connectivity index (χ4n) is 10.7. The van der Waals surface area contributed by atoms with Crippen molar-refractivity contribution < 1.29 is 63.5 Å². The zero-order chi connectivity index (χ0) is 49.8. The lowest BCUT2D eigenvalue weighted by molar-refractivity contribution is -0.339. The number of hydrogen-bond acceptors (Lipinski definition) is 17. The van der Waals surface area contributed by atoms with Crippen LogP contribution in [0.5, 0.6) is 0 Å². The van der Waals surface area contributed by atoms with Gasteiger partial charge in [0, 0.05) is 71.5 Å². The third-order valence-corrected chi connectivity index (χ3v) is 15.3. The fraction of sp³-hybridized carbons (Fsp3) is 0.854. The van der Waals surface area contributed by atoms with Gasteiger partial charge in [-0.3, -0.25) is 14.7 Å². The quantitative estimate of drug-likeness (QED) is 0.167. The molecule has 19 heteroatoms. The number of urea groups is 1. The van der Waals surface area contributed by atoms with E-state index in [4.69, 9.17) is 28.4 Å². The highest BCUT2D eigenvalue weighted by Crippen LogP contribution is 2.44. The number of aliphatic hydroxyl groups excluding tert-OH is 2. The number of piperazine rings is 1. The van der Waals surface area contributed by atoms with Crippen LogP contribution in [0.15, 0.2) is 24.5 Å². The number of pyridine rings is 1. The zero-order valence-electron chi connectivity index (χ0n) is 42.3. The van der Waals surface area contributed by atoms with Gasteiger partial charge in [-0.25, -0.2) is 4.79 Å². The molecule has 0 bridgehead atoms. The van der Waals surface area contributed by atoms with Crippen LogP contribution >= 0.6 is 0 Å². The molecule has 1 aromatic heterocycles. The molecule has 4 saturated heterocycles. The summed E-state index contributed by atoms with van der Waals surface area (Å²) in [6, 6.07) is 1.49. The predicted octanol–water partition coefficient (Wildman–Crippen LogP) is 2.17. The van der Waals surface area contributed by atoms with Gasteiger partial charge in [0.2, 0.25) is 0 Å². The van der Waals surface area contributed by atoms with E-state index in [1.807, 2.05) is 20.8 Å². The molecule has 0 spiro atoms. The first-order valence-corrected chi connectivity index (χ1v) is 24.3. The molecule has 67 heavy (non-hydrogen) atoms. The number of aromatic nitrogens is 1. The van der Waals surface area contributed by atoms with Crippen molar-refractivity contribution in [2.45, 2.75) is 185 Å². The summed E-state index contributed by atoms with van der Waals surface area (Å²) < 4.78 is 38.9. The van der Waals surface area contributed by atoms with Crippen LogP contribution in [0.2, 0.25) is 0 Å². The first-order chi connectivity index (χ1) is 31.3. The molecular weight excluding hydrogens is 869 g/mol. The molecule has 0 radical (unpaired) electrons. The van der Waals surface area contributed by atoms with E-state index in [0.717, 1.165) is 26.2 Å². The van der Waals surface area contributed by atoms with E-state index in [2.05, 4.69) is 32.5 Å². The van der Waals surface area contributed by atoms with E-state index in [-0.39, 0.29) is 31.6 Å². The number of aliphatic hydroxyl groups is 5. The number of nitrogens with one attached hydrogen (secondary N) is 2. The van der Waals surface area contributed by atoms with Crippen LogP contribution < -0.4 is 10.6 Å². The van der Waals surface area contributed by atoms with Gasteiger partial charge in [-0.1, -0.05) is 20.8 Å². The molecule has 5 heterocycles. The Kier molecular flexibility index (Phi) is 18.7. The summed E-state index contributed by atoms with van der Waals surface area (Å²) >= 11 is 0. The molecule has 1 aromatic rings. The average molecular weight is 953 g/mol. The van der Waals surface area contributed by atoms with Gasteiger partial charge in [0.05, 0.1) is 53.9 Å². The summed E-state index contributed by atoms with van der Waals surface area (Å²) in [4.78, 5) is 38.0. The number of likely N-dealkylation sites (N-methyl/N-ethyl adjacent to an activating group) is 2. The minimum absolute atomic E-state index is 0.0567. The Hall–Kier alpha value is -2.63. The molecule has 4 aliphatic rings. The molecule has 7 N–H and O–H groups in total. The monoisotopic (exact) mass is 953 g/mol. The number of β-amino-alcohol motifs (C(OH)–C–C–N with tert-alkyl or cyclic N) is 1. The molecule has 384 valence electrons. The first-order valence-electron chi connectivity index (χ1n) is 24.3. The number of rotatable bonds is 10. The lowest BCUT2D eigenvalue weighted by Crippen LogP contribution is -2.71. The van der Waals surface area contributed by atoms with E-state index in [1.165, 1.54) is 18.0 Å². The van der Waals surface area contributed by atoms with E-state index < -0.39 is 114 Å². The molecule has 0 unspecified atom stereocenters. The van der Waals surface area contributed by atoms with Gasteiger partial charge in [-0.2, -0.15) is 0 Å². The maximum absolute atomic E-state index is 14.6. The largest absolute Gasteiger partial charge is 0.459 e. The van der Waals surface area contributed by atoms with Crippen LogP contribution in [0.1, 0.15) is 94.9 Å². The van der Waals surface area contributed by atoms with Crippen molar-refractivity contribution in [1.82, 2.24) is 25.0 Å². The summed E-state index contributed by atoms with van der Waals surface area (Å²) in [5.41, 5.74) is -5.73. The fourth-order valence-corrected chi connectivity index (χ4v) is 10.7. The van der Waals surface area contributed by atoms with Gasteiger partial charge in [-0.05, 0) is 99.4 Å². The van der Waals surface area contributed by atoms with Crippen LogP contribution in [-0.4, -0.2) is 207 Å². The highest BCUT2D eigenvalue weighted by Gasteiger charge is 2.59. The van der Waals surface area contributed by atoms with Gasteiger partial charge >= 0.3 is 12.0 Å². The van der Waals surface area contributed by atoms with E-state index >= 15 is 0 Å². The average Bonchev–Trinajstić information content (AvgIpc) is 3.27. The van der Waals surface area contributed by atoms with Crippen LogP contribution in [-0.2, 0) is 33.2 Å². The Balaban J connectivity index is 1.53. The Morgan fingerprint density at radius 3 is 2.30 bits per heavy atom. The van der Waals surface area contributed by atoms with E-state index in [0.29, 0.717) is 18.8 Å². The predicted molar refractivity (Wildman–Crippen MR) is 250 cm³/mol. The second kappa shape index (κ2) is 22.6. The maximum Gasteiger partial charge on any atom is 0.321 e. The minimum atomic E-state index is -1.86. The van der Waals surface area contributed by atoms with Crippen molar-refractivity contribution in [3.05, 3.63) is 24.5 Å². The van der Waals surface area contributed by atoms with Crippen molar-refractivity contribution in [3.63, 3.8) is 0 Å². The Bertz CT molecular complexity index is 1740. The van der Waals surface area contributed by atoms with Crippen molar-refractivity contribution in [2.75, 3.05) is 65.8 Å². The van der Waals surface area contributed by atoms with Gasteiger partial charge < -0.3 is 74.4 Å². The topological polar surface area (TPSA) is 237 Å². The third-order valence-electron chi connectivity index (χ3n) is 15.3. The number of nitrogens with zero attached hydrogens (tertiary/aromatic N) is 4. The van der Waals surface area contributed by atoms with Crippen molar-refractivity contribution in [3.8, 4) is 0 Å². The third kappa shape index (κ3) is 12.6. The highest BCUT2D eigenvalue weighted by molar-refractivity contribution is 5.89. The maximum atomic E-state index is 14.6. The summed E-state index contributed by atoms with van der Waals surface area (Å²) in [5.74, 6) is -2.98. The Labute approximate surface area is 398 Å². The molecule has 18 atom stereocenters. The molecule has 0 saturated carbocycles. The second-order valence-electron chi connectivity index (χ2n) is 20.9. The molecule has 4 fully saturated rings. The molecule has 2 amide bonds.